The van der Waals surface area contributed by atoms with E-state index in [1.165, 1.54) is 6.20 Å². The van der Waals surface area contributed by atoms with Gasteiger partial charge in [-0.1, -0.05) is 17.7 Å². The minimum atomic E-state index is -1.38. The average Bonchev–Trinajstić information content (AvgIpc) is 3.32. The average molecular weight is 494 g/mol. The molecule has 0 aliphatic carbocycles. The van der Waals surface area contributed by atoms with Crippen molar-refractivity contribution in [3.63, 3.8) is 0 Å². The predicted octanol–water partition coefficient (Wildman–Crippen LogP) is 4.92. The third-order valence-corrected chi connectivity index (χ3v) is 6.41. The van der Waals surface area contributed by atoms with Crippen LogP contribution < -0.4 is 15.1 Å². The van der Waals surface area contributed by atoms with Crippen molar-refractivity contribution in [3.8, 4) is 11.6 Å². The summed E-state index contributed by atoms with van der Waals surface area (Å²) >= 11 is 6.02. The van der Waals surface area contributed by atoms with E-state index in [-0.39, 0.29) is 11.4 Å². The van der Waals surface area contributed by atoms with Crippen molar-refractivity contribution in [1.82, 2.24) is 9.55 Å². The number of halogens is 2. The minimum absolute atomic E-state index is 0.0124. The molecule has 5 rings (SSSR count). The van der Waals surface area contributed by atoms with Crippen molar-refractivity contribution < 1.29 is 19.0 Å². The number of hydrogen-bond donors (Lipinski definition) is 1. The molecule has 9 heteroatoms. The van der Waals surface area contributed by atoms with Crippen LogP contribution in [0.25, 0.3) is 16.6 Å². The summed E-state index contributed by atoms with van der Waals surface area (Å²) in [5.41, 5.74) is 0.141. The van der Waals surface area contributed by atoms with E-state index in [0.29, 0.717) is 40.9 Å². The first-order chi connectivity index (χ1) is 16.9. The number of ether oxygens (including phenoxy) is 1. The maximum Gasteiger partial charge on any atom is 0.341 e. The molecule has 0 radical (unpaired) electrons. The van der Waals surface area contributed by atoms with Crippen LogP contribution in [0.4, 0.5) is 10.1 Å². The molecule has 1 atom stereocenters. The zero-order chi connectivity index (χ0) is 24.5. The molecule has 178 valence electrons. The van der Waals surface area contributed by atoms with Gasteiger partial charge in [0.25, 0.3) is 0 Å². The molecule has 1 aliphatic rings. The number of pyridine rings is 2. The van der Waals surface area contributed by atoms with Crippen LogP contribution in [0.1, 0.15) is 23.2 Å². The molecule has 0 spiro atoms. The van der Waals surface area contributed by atoms with Crippen molar-refractivity contribution in [1.29, 1.82) is 0 Å². The number of carboxylic acids is 1. The van der Waals surface area contributed by atoms with Gasteiger partial charge in [0.1, 0.15) is 18.0 Å². The van der Waals surface area contributed by atoms with Gasteiger partial charge in [-0.05, 0) is 55.3 Å². The number of anilines is 1. The molecule has 2 aromatic heterocycles. The molecule has 7 nitrogen and oxygen atoms in total. The van der Waals surface area contributed by atoms with E-state index in [9.17, 15) is 14.7 Å². The summed E-state index contributed by atoms with van der Waals surface area (Å²) in [6.07, 6.45) is 4.58. The van der Waals surface area contributed by atoms with E-state index >= 15 is 4.39 Å². The minimum Gasteiger partial charge on any atom is -0.477 e. The quantitative estimate of drug-likeness (QED) is 0.410. The van der Waals surface area contributed by atoms with E-state index in [1.807, 2.05) is 11.0 Å². The largest absolute Gasteiger partial charge is 0.477 e. The van der Waals surface area contributed by atoms with Crippen molar-refractivity contribution in [2.45, 2.75) is 18.9 Å². The van der Waals surface area contributed by atoms with Gasteiger partial charge in [-0.15, -0.1) is 0 Å². The second kappa shape index (κ2) is 9.38. The van der Waals surface area contributed by atoms with Crippen molar-refractivity contribution in [2.75, 3.05) is 18.1 Å². The van der Waals surface area contributed by atoms with Gasteiger partial charge in [0, 0.05) is 41.1 Å². The fourth-order valence-corrected chi connectivity index (χ4v) is 4.59. The highest BCUT2D eigenvalue weighted by molar-refractivity contribution is 6.30. The van der Waals surface area contributed by atoms with Crippen molar-refractivity contribution >= 4 is 34.2 Å². The Morgan fingerprint density at radius 3 is 2.71 bits per heavy atom. The number of nitrogens with zero attached hydrogens (tertiary/aromatic N) is 3. The van der Waals surface area contributed by atoms with Gasteiger partial charge in [-0.2, -0.15) is 0 Å². The number of aromatic carboxylic acids is 1. The Kier molecular flexibility index (Phi) is 6.13. The maximum atomic E-state index is 15.4. The summed E-state index contributed by atoms with van der Waals surface area (Å²) in [7, 11) is 0. The van der Waals surface area contributed by atoms with Gasteiger partial charge < -0.3 is 19.3 Å². The van der Waals surface area contributed by atoms with Crippen LogP contribution in [0.15, 0.2) is 71.8 Å². The molecule has 0 unspecified atom stereocenters. The maximum absolute atomic E-state index is 15.4. The molecule has 2 aromatic carbocycles. The van der Waals surface area contributed by atoms with Gasteiger partial charge in [0.2, 0.25) is 11.3 Å². The first-order valence-corrected chi connectivity index (χ1v) is 11.5. The highest BCUT2D eigenvalue weighted by Crippen LogP contribution is 2.32. The summed E-state index contributed by atoms with van der Waals surface area (Å²) in [5.74, 6) is -1.48. The van der Waals surface area contributed by atoms with Crippen LogP contribution >= 0.6 is 11.6 Å². The van der Waals surface area contributed by atoms with Crippen LogP contribution in [0.2, 0.25) is 5.02 Å². The van der Waals surface area contributed by atoms with Gasteiger partial charge in [-0.25, -0.2) is 14.2 Å². The Morgan fingerprint density at radius 2 is 2.00 bits per heavy atom. The zero-order valence-corrected chi connectivity index (χ0v) is 19.3. The number of fused-ring (bicyclic) bond motifs is 1. The molecule has 0 bridgehead atoms. The van der Waals surface area contributed by atoms with Gasteiger partial charge in [0.15, 0.2) is 0 Å². The van der Waals surface area contributed by atoms with Crippen LogP contribution in [-0.4, -0.2) is 39.8 Å². The Hall–Kier alpha value is -3.91. The molecule has 1 fully saturated rings. The highest BCUT2D eigenvalue weighted by atomic mass is 35.5. The topological polar surface area (TPSA) is 84.7 Å². The molecule has 1 saturated heterocycles. The Bertz CT molecular complexity index is 1460. The van der Waals surface area contributed by atoms with E-state index in [1.54, 1.807) is 53.2 Å². The van der Waals surface area contributed by atoms with Crippen molar-refractivity contribution in [3.05, 3.63) is 93.6 Å². The van der Waals surface area contributed by atoms with E-state index in [4.69, 9.17) is 16.3 Å². The Labute approximate surface area is 205 Å². The summed E-state index contributed by atoms with van der Waals surface area (Å²) < 4.78 is 22.8. The fourth-order valence-electron chi connectivity index (χ4n) is 4.46. The van der Waals surface area contributed by atoms with Crippen LogP contribution in [0.5, 0.6) is 5.88 Å². The van der Waals surface area contributed by atoms with Gasteiger partial charge in [0.05, 0.1) is 17.2 Å². The van der Waals surface area contributed by atoms with Crippen LogP contribution in [0.3, 0.4) is 0 Å². The molecular weight excluding hydrogens is 473 g/mol. The highest BCUT2D eigenvalue weighted by Gasteiger charge is 2.29. The molecule has 35 heavy (non-hydrogen) atoms. The van der Waals surface area contributed by atoms with E-state index in [2.05, 4.69) is 4.98 Å². The summed E-state index contributed by atoms with van der Waals surface area (Å²) in [5, 5.41) is 10.1. The molecule has 4 aromatic rings. The Balaban J connectivity index is 1.60. The lowest BCUT2D eigenvalue weighted by atomic mass is 10.1. The number of aromatic nitrogens is 2. The molecule has 1 N–H and O–H groups in total. The van der Waals surface area contributed by atoms with E-state index < -0.39 is 22.8 Å². The normalized spacial score (nSPS) is 15.5. The number of rotatable bonds is 6. The predicted molar refractivity (Wildman–Crippen MR) is 132 cm³/mol. The molecule has 3 heterocycles. The fraction of sp³-hybridized carbons (Fsp3) is 0.192. The number of carboxylic acid groups (broad SMARTS) is 1. The number of hydrogen-bond acceptors (Lipinski definition) is 5. The molecular formula is C26H21ClFN3O4. The van der Waals surface area contributed by atoms with Gasteiger partial charge >= 0.3 is 5.97 Å². The standard InChI is InChI=1S/C26H21ClFN3O4/c27-16-6-8-17(9-7-16)31-14-20(26(33)34)25(32)19-12-21(28)23(13-22(19)31)30-11-3-4-18(30)15-35-24-5-1-2-10-29-24/h1-2,5-10,12-14,18H,3-4,11,15H2,(H,33,34)/t18-/m1/s1. The summed E-state index contributed by atoms with van der Waals surface area (Å²) in [4.78, 5) is 30.7. The molecule has 0 amide bonds. The first-order valence-electron chi connectivity index (χ1n) is 11.1. The lowest BCUT2D eigenvalue weighted by Crippen LogP contribution is -2.35. The van der Waals surface area contributed by atoms with E-state index in [0.717, 1.165) is 18.9 Å². The SMILES string of the molecule is O=C(O)c1cn(-c2ccc(Cl)cc2)c2cc(N3CCC[C@@H]3COc3ccccn3)c(F)cc2c1=O. The van der Waals surface area contributed by atoms with Gasteiger partial charge in [-0.3, -0.25) is 4.79 Å². The third-order valence-electron chi connectivity index (χ3n) is 6.16. The molecule has 1 aliphatic heterocycles. The van der Waals surface area contributed by atoms with Crippen molar-refractivity contribution in [2.24, 2.45) is 0 Å². The van der Waals surface area contributed by atoms with Crippen LogP contribution in [0, 0.1) is 5.82 Å². The second-order valence-corrected chi connectivity index (χ2v) is 8.75. The molecule has 0 saturated carbocycles. The first kappa shape index (κ1) is 22.9. The van der Waals surface area contributed by atoms with Crippen LogP contribution in [-0.2, 0) is 0 Å². The Morgan fingerprint density at radius 1 is 1.20 bits per heavy atom. The third kappa shape index (κ3) is 4.44. The zero-order valence-electron chi connectivity index (χ0n) is 18.5. The monoisotopic (exact) mass is 493 g/mol. The smallest absolute Gasteiger partial charge is 0.341 e. The number of carbonyl (C=O) groups is 1. The second-order valence-electron chi connectivity index (χ2n) is 8.31. The lowest BCUT2D eigenvalue weighted by molar-refractivity contribution is 0.0695. The lowest BCUT2D eigenvalue weighted by Gasteiger charge is -2.27. The number of benzene rings is 2. The summed E-state index contributed by atoms with van der Waals surface area (Å²) in [6, 6.07) is 14.8. The summed E-state index contributed by atoms with van der Waals surface area (Å²) in [6.45, 7) is 0.952.